The first-order valence-corrected chi connectivity index (χ1v) is 5.01. The van der Waals surface area contributed by atoms with Crippen molar-refractivity contribution < 1.29 is 0 Å². The van der Waals surface area contributed by atoms with E-state index in [1.165, 1.54) is 0 Å². The van der Waals surface area contributed by atoms with Gasteiger partial charge in [0.15, 0.2) is 0 Å². The number of aromatic nitrogens is 1. The van der Waals surface area contributed by atoms with Crippen molar-refractivity contribution in [2.45, 2.75) is 18.9 Å². The maximum atomic E-state index is 5.93. The number of hydrogen-bond acceptors (Lipinski definition) is 2. The summed E-state index contributed by atoms with van der Waals surface area (Å²) in [7, 11) is 0. The van der Waals surface area contributed by atoms with Gasteiger partial charge in [-0.05, 0) is 40.4 Å². The molecule has 70 valence electrons. The van der Waals surface area contributed by atoms with Crippen molar-refractivity contribution in [1.82, 2.24) is 4.98 Å². The van der Waals surface area contributed by atoms with Crippen LogP contribution in [-0.4, -0.2) is 4.98 Å². The molecule has 1 aromatic rings. The lowest BCUT2D eigenvalue weighted by Gasteiger charge is -2.09. The van der Waals surface area contributed by atoms with Gasteiger partial charge in [0, 0.05) is 12.2 Å². The lowest BCUT2D eigenvalue weighted by molar-refractivity contribution is 0.658. The first-order chi connectivity index (χ1) is 6.24. The molecule has 0 radical (unpaired) electrons. The van der Waals surface area contributed by atoms with Crippen LogP contribution < -0.4 is 5.73 Å². The van der Waals surface area contributed by atoms with Crippen molar-refractivity contribution in [1.29, 1.82) is 0 Å². The zero-order valence-corrected chi connectivity index (χ0v) is 9.00. The van der Waals surface area contributed by atoms with Gasteiger partial charge >= 0.3 is 0 Å². The van der Waals surface area contributed by atoms with Crippen molar-refractivity contribution >= 4 is 15.9 Å². The molecule has 13 heavy (non-hydrogen) atoms. The third-order valence-electron chi connectivity index (χ3n) is 1.86. The molecule has 0 aliphatic rings. The molecule has 1 aromatic heterocycles. The van der Waals surface area contributed by atoms with Gasteiger partial charge in [-0.15, -0.1) is 6.58 Å². The molecule has 0 aliphatic carbocycles. The molecule has 0 aromatic carbocycles. The van der Waals surface area contributed by atoms with E-state index in [-0.39, 0.29) is 6.04 Å². The Labute approximate surface area is 87.0 Å². The Morgan fingerprint density at radius 3 is 2.92 bits per heavy atom. The first-order valence-electron chi connectivity index (χ1n) is 4.22. The summed E-state index contributed by atoms with van der Waals surface area (Å²) in [6.45, 7) is 3.66. The van der Waals surface area contributed by atoms with Gasteiger partial charge in [-0.1, -0.05) is 12.1 Å². The number of rotatable bonds is 4. The summed E-state index contributed by atoms with van der Waals surface area (Å²) in [6, 6.07) is 3.96. The Balaban J connectivity index is 2.60. The molecule has 0 spiro atoms. The van der Waals surface area contributed by atoms with Gasteiger partial charge in [-0.25, -0.2) is 4.98 Å². The van der Waals surface area contributed by atoms with Crippen molar-refractivity contribution in [3.8, 4) is 0 Å². The van der Waals surface area contributed by atoms with Gasteiger partial charge in [-0.2, -0.15) is 0 Å². The summed E-state index contributed by atoms with van der Waals surface area (Å²) < 4.78 is 0.840. The van der Waals surface area contributed by atoms with E-state index in [0.717, 1.165) is 23.0 Å². The van der Waals surface area contributed by atoms with Crippen LogP contribution in [-0.2, 0) is 0 Å². The number of nitrogens with two attached hydrogens (primary N) is 1. The van der Waals surface area contributed by atoms with E-state index in [0.29, 0.717) is 0 Å². The number of allylic oxidation sites excluding steroid dienone is 1. The molecule has 0 fully saturated rings. The van der Waals surface area contributed by atoms with Crippen LogP contribution in [0, 0.1) is 0 Å². The van der Waals surface area contributed by atoms with E-state index < -0.39 is 0 Å². The normalized spacial score (nSPS) is 12.5. The average molecular weight is 241 g/mol. The number of hydrogen-bond donors (Lipinski definition) is 1. The smallest absolute Gasteiger partial charge is 0.106 e. The third kappa shape index (κ3) is 3.28. The molecule has 1 atom stereocenters. The minimum Gasteiger partial charge on any atom is -0.324 e. The molecule has 0 aliphatic heterocycles. The van der Waals surface area contributed by atoms with Gasteiger partial charge in [0.2, 0.25) is 0 Å². The van der Waals surface area contributed by atoms with Crippen LogP contribution in [0.2, 0.25) is 0 Å². The Kier molecular flexibility index (Phi) is 4.12. The third-order valence-corrected chi connectivity index (χ3v) is 2.33. The second-order valence-electron chi connectivity index (χ2n) is 2.89. The summed E-state index contributed by atoms with van der Waals surface area (Å²) in [5.41, 5.74) is 7.00. The van der Waals surface area contributed by atoms with E-state index in [4.69, 9.17) is 5.73 Å². The fourth-order valence-electron chi connectivity index (χ4n) is 1.07. The maximum Gasteiger partial charge on any atom is 0.106 e. The second-order valence-corrected chi connectivity index (χ2v) is 3.70. The van der Waals surface area contributed by atoms with E-state index in [2.05, 4.69) is 27.5 Å². The van der Waals surface area contributed by atoms with Crippen LogP contribution in [0.25, 0.3) is 0 Å². The van der Waals surface area contributed by atoms with Crippen LogP contribution in [0.5, 0.6) is 0 Å². The minimum absolute atomic E-state index is 0.0681. The maximum absolute atomic E-state index is 5.93. The highest BCUT2D eigenvalue weighted by Crippen LogP contribution is 2.16. The quantitative estimate of drug-likeness (QED) is 0.650. The molecule has 0 unspecified atom stereocenters. The molecule has 0 saturated carbocycles. The zero-order chi connectivity index (χ0) is 9.68. The van der Waals surface area contributed by atoms with E-state index in [9.17, 15) is 0 Å². The lowest BCUT2D eigenvalue weighted by Crippen LogP contribution is -2.09. The van der Waals surface area contributed by atoms with Gasteiger partial charge in [0.05, 0.1) is 0 Å². The molecule has 1 rings (SSSR count). The standard InChI is InChI=1S/C10H13BrN2/c1-2-3-4-9(12)8-5-6-10(11)13-7-8/h2,5-7,9H,1,3-4,12H2/t9-/m0/s1. The van der Waals surface area contributed by atoms with Crippen LogP contribution in [0.15, 0.2) is 35.6 Å². The van der Waals surface area contributed by atoms with Crippen LogP contribution in [0.3, 0.4) is 0 Å². The van der Waals surface area contributed by atoms with Crippen molar-refractivity contribution in [2.24, 2.45) is 5.73 Å². The molecular weight excluding hydrogens is 228 g/mol. The summed E-state index contributed by atoms with van der Waals surface area (Å²) >= 11 is 3.28. The van der Waals surface area contributed by atoms with E-state index in [1.807, 2.05) is 18.2 Å². The van der Waals surface area contributed by atoms with Crippen LogP contribution >= 0.6 is 15.9 Å². The number of halogens is 1. The average Bonchev–Trinajstić information content (AvgIpc) is 2.15. The van der Waals surface area contributed by atoms with Crippen molar-refractivity contribution in [3.05, 3.63) is 41.2 Å². The highest BCUT2D eigenvalue weighted by Gasteiger charge is 2.04. The topological polar surface area (TPSA) is 38.9 Å². The van der Waals surface area contributed by atoms with Crippen LogP contribution in [0.4, 0.5) is 0 Å². The molecule has 1 heterocycles. The van der Waals surface area contributed by atoms with E-state index >= 15 is 0 Å². The van der Waals surface area contributed by atoms with Crippen molar-refractivity contribution in [2.75, 3.05) is 0 Å². The monoisotopic (exact) mass is 240 g/mol. The summed E-state index contributed by atoms with van der Waals surface area (Å²) in [4.78, 5) is 4.12. The molecule has 3 heteroatoms. The fourth-order valence-corrected chi connectivity index (χ4v) is 1.31. The predicted molar refractivity (Wildman–Crippen MR) is 58.3 cm³/mol. The predicted octanol–water partition coefficient (Wildman–Crippen LogP) is 2.81. The van der Waals surface area contributed by atoms with Gasteiger partial charge in [0.1, 0.15) is 4.60 Å². The SMILES string of the molecule is C=CCC[C@H](N)c1ccc(Br)nc1. The number of nitrogens with zero attached hydrogens (tertiary/aromatic N) is 1. The molecule has 0 bridgehead atoms. The summed E-state index contributed by atoms with van der Waals surface area (Å²) in [5.74, 6) is 0. The summed E-state index contributed by atoms with van der Waals surface area (Å²) in [6.07, 6.45) is 5.55. The first kappa shape index (κ1) is 10.4. The molecular formula is C10H13BrN2. The largest absolute Gasteiger partial charge is 0.324 e. The fraction of sp³-hybridized carbons (Fsp3) is 0.300. The molecule has 0 saturated heterocycles. The number of pyridine rings is 1. The molecule has 0 amide bonds. The van der Waals surface area contributed by atoms with Crippen LogP contribution in [0.1, 0.15) is 24.4 Å². The highest BCUT2D eigenvalue weighted by molar-refractivity contribution is 9.10. The Bertz CT molecular complexity index is 269. The Morgan fingerprint density at radius 2 is 2.38 bits per heavy atom. The molecule has 2 nitrogen and oxygen atoms in total. The lowest BCUT2D eigenvalue weighted by atomic mass is 10.1. The van der Waals surface area contributed by atoms with Gasteiger partial charge in [0.25, 0.3) is 0 Å². The van der Waals surface area contributed by atoms with Gasteiger partial charge in [-0.3, -0.25) is 0 Å². The second kappa shape index (κ2) is 5.14. The van der Waals surface area contributed by atoms with Crippen molar-refractivity contribution in [3.63, 3.8) is 0 Å². The minimum atomic E-state index is 0.0681. The Hall–Kier alpha value is -0.670. The van der Waals surface area contributed by atoms with Gasteiger partial charge < -0.3 is 5.73 Å². The highest BCUT2D eigenvalue weighted by atomic mass is 79.9. The van der Waals surface area contributed by atoms with E-state index in [1.54, 1.807) is 6.20 Å². The zero-order valence-electron chi connectivity index (χ0n) is 7.41. The summed E-state index contributed by atoms with van der Waals surface area (Å²) in [5, 5.41) is 0. The Morgan fingerprint density at radius 1 is 1.62 bits per heavy atom. The molecule has 2 N–H and O–H groups in total.